The number of carbonyl (C=O) groups is 2. The van der Waals surface area contributed by atoms with Gasteiger partial charge in [-0.05, 0) is 34.1 Å². The number of esters is 1. The molecule has 1 amide bonds. The van der Waals surface area contributed by atoms with Crippen LogP contribution in [0.2, 0.25) is 0 Å². The van der Waals surface area contributed by atoms with Crippen molar-refractivity contribution in [2.24, 2.45) is 0 Å². The summed E-state index contributed by atoms with van der Waals surface area (Å²) < 4.78 is 15.6. The summed E-state index contributed by atoms with van der Waals surface area (Å²) in [7, 11) is 2.66. The predicted octanol–water partition coefficient (Wildman–Crippen LogP) is 1.42. The Morgan fingerprint density at radius 1 is 1.28 bits per heavy atom. The minimum Gasteiger partial charge on any atom is -0.464 e. The molecule has 0 radical (unpaired) electrons. The fraction of sp³-hybridized carbons (Fsp3) is 0.684. The summed E-state index contributed by atoms with van der Waals surface area (Å²) in [6, 6.07) is -0.870. The Balaban J connectivity index is 3.37. The normalized spacial score (nSPS) is 13.5. The molecule has 0 saturated carbocycles. The van der Waals surface area contributed by atoms with Crippen LogP contribution < -0.4 is 5.56 Å². The highest BCUT2D eigenvalue weighted by molar-refractivity contribution is 5.88. The van der Waals surface area contributed by atoms with Crippen LogP contribution in [0.15, 0.2) is 4.79 Å². The number of ether oxygens (including phenoxy) is 3. The molecule has 1 aromatic rings. The van der Waals surface area contributed by atoms with E-state index in [2.05, 4.69) is 9.97 Å². The lowest BCUT2D eigenvalue weighted by Crippen LogP contribution is -2.40. The Morgan fingerprint density at radius 2 is 1.90 bits per heavy atom. The molecule has 0 spiro atoms. The van der Waals surface area contributed by atoms with E-state index in [-0.39, 0.29) is 36.7 Å². The van der Waals surface area contributed by atoms with Gasteiger partial charge in [-0.15, -0.1) is 0 Å². The highest BCUT2D eigenvalue weighted by Crippen LogP contribution is 2.20. The number of methoxy groups -OCH3 is 1. The minimum atomic E-state index is -0.870. The molecule has 0 aliphatic heterocycles. The molecule has 1 rings (SSSR count). The van der Waals surface area contributed by atoms with Crippen molar-refractivity contribution in [2.75, 3.05) is 27.4 Å². The van der Waals surface area contributed by atoms with E-state index in [1.165, 1.54) is 19.1 Å². The zero-order chi connectivity index (χ0) is 22.4. The SMILES string of the molecule is CCc1c(C(=O)OC)nc(C(COCC(C)O)N(C)C(=O)OC(C)(C)C)[nH]c1=O. The van der Waals surface area contributed by atoms with Crippen molar-refractivity contribution < 1.29 is 28.9 Å². The van der Waals surface area contributed by atoms with Crippen molar-refractivity contribution in [3.8, 4) is 0 Å². The molecule has 2 N–H and O–H groups in total. The van der Waals surface area contributed by atoms with Crippen LogP contribution >= 0.6 is 0 Å². The largest absolute Gasteiger partial charge is 0.464 e. The first-order valence-electron chi connectivity index (χ1n) is 9.34. The van der Waals surface area contributed by atoms with Gasteiger partial charge in [0.05, 0.1) is 32.0 Å². The maximum Gasteiger partial charge on any atom is 0.410 e. The van der Waals surface area contributed by atoms with E-state index in [0.717, 1.165) is 0 Å². The highest BCUT2D eigenvalue weighted by Gasteiger charge is 2.30. The number of aromatic nitrogens is 2. The van der Waals surface area contributed by atoms with Crippen molar-refractivity contribution in [2.45, 2.75) is 58.8 Å². The van der Waals surface area contributed by atoms with Crippen LogP contribution in [-0.2, 0) is 20.6 Å². The third-order valence-corrected chi connectivity index (χ3v) is 3.87. The number of H-pyrrole nitrogens is 1. The fourth-order valence-corrected chi connectivity index (χ4v) is 2.45. The first-order valence-corrected chi connectivity index (χ1v) is 9.34. The molecule has 0 saturated heterocycles. The average molecular weight is 413 g/mol. The van der Waals surface area contributed by atoms with Crippen molar-refractivity contribution in [1.82, 2.24) is 14.9 Å². The minimum absolute atomic E-state index is 0.0137. The number of amides is 1. The van der Waals surface area contributed by atoms with Gasteiger partial charge >= 0.3 is 12.1 Å². The van der Waals surface area contributed by atoms with Crippen LogP contribution in [0.4, 0.5) is 4.79 Å². The number of hydrogen-bond donors (Lipinski definition) is 2. The van der Waals surface area contributed by atoms with Gasteiger partial charge in [0.2, 0.25) is 0 Å². The maximum absolute atomic E-state index is 12.5. The Labute approximate surface area is 170 Å². The molecule has 0 fully saturated rings. The van der Waals surface area contributed by atoms with Gasteiger partial charge in [-0.3, -0.25) is 9.69 Å². The standard InChI is InChI=1S/C19H31N3O7/c1-8-12-14(17(25)27-7)20-15(21-16(12)24)13(10-28-9-11(2)23)22(6)18(26)29-19(3,4)5/h11,13,23H,8-10H2,1-7H3,(H,20,21,24). The van der Waals surface area contributed by atoms with Gasteiger partial charge in [-0.25, -0.2) is 14.6 Å². The first kappa shape index (κ1) is 24.6. The molecule has 0 aromatic carbocycles. The van der Waals surface area contributed by atoms with Crippen molar-refractivity contribution >= 4 is 12.1 Å². The summed E-state index contributed by atoms with van der Waals surface area (Å²) >= 11 is 0. The lowest BCUT2D eigenvalue weighted by molar-refractivity contribution is -0.00648. The van der Waals surface area contributed by atoms with E-state index in [1.54, 1.807) is 34.6 Å². The fourth-order valence-electron chi connectivity index (χ4n) is 2.45. The molecular formula is C19H31N3O7. The Kier molecular flexibility index (Phi) is 8.78. The number of hydrogen-bond acceptors (Lipinski definition) is 8. The number of likely N-dealkylation sites (N-methyl/N-ethyl adjacent to an activating group) is 1. The van der Waals surface area contributed by atoms with Gasteiger partial charge in [-0.2, -0.15) is 0 Å². The first-order chi connectivity index (χ1) is 13.4. The molecule has 10 nitrogen and oxygen atoms in total. The quantitative estimate of drug-likeness (QED) is 0.612. The third-order valence-electron chi connectivity index (χ3n) is 3.87. The zero-order valence-corrected chi connectivity index (χ0v) is 18.1. The summed E-state index contributed by atoms with van der Waals surface area (Å²) in [6.45, 7) is 8.37. The van der Waals surface area contributed by atoms with Crippen LogP contribution in [-0.4, -0.2) is 71.1 Å². The molecular weight excluding hydrogens is 382 g/mol. The molecule has 2 unspecified atom stereocenters. The third kappa shape index (κ3) is 7.13. The lowest BCUT2D eigenvalue weighted by Gasteiger charge is -2.30. The van der Waals surface area contributed by atoms with Gasteiger partial charge in [-0.1, -0.05) is 6.92 Å². The van der Waals surface area contributed by atoms with Crippen LogP contribution in [0.25, 0.3) is 0 Å². The molecule has 0 bridgehead atoms. The van der Waals surface area contributed by atoms with Crippen LogP contribution in [0.1, 0.15) is 62.5 Å². The van der Waals surface area contributed by atoms with E-state index in [0.29, 0.717) is 0 Å². The molecule has 1 heterocycles. The van der Waals surface area contributed by atoms with E-state index in [9.17, 15) is 19.5 Å². The van der Waals surface area contributed by atoms with Gasteiger partial charge in [0, 0.05) is 7.05 Å². The molecule has 0 aliphatic rings. The number of rotatable bonds is 8. The number of aliphatic hydroxyl groups excluding tert-OH is 1. The smallest absolute Gasteiger partial charge is 0.410 e. The monoisotopic (exact) mass is 413 g/mol. The second-order valence-corrected chi connectivity index (χ2v) is 7.62. The second kappa shape index (κ2) is 10.4. The molecule has 10 heteroatoms. The topological polar surface area (TPSA) is 131 Å². The van der Waals surface area contributed by atoms with E-state index in [1.807, 2.05) is 0 Å². The summed E-state index contributed by atoms with van der Waals surface area (Å²) in [4.78, 5) is 45.2. The van der Waals surface area contributed by atoms with E-state index >= 15 is 0 Å². The summed E-state index contributed by atoms with van der Waals surface area (Å²) in [5.41, 5.74) is -1.17. The number of aromatic amines is 1. The Hall–Kier alpha value is -2.46. The Bertz CT molecular complexity index is 768. The number of nitrogens with one attached hydrogen (secondary N) is 1. The van der Waals surface area contributed by atoms with Crippen molar-refractivity contribution in [3.05, 3.63) is 27.4 Å². The highest BCUT2D eigenvalue weighted by atomic mass is 16.6. The molecule has 2 atom stereocenters. The van der Waals surface area contributed by atoms with Crippen molar-refractivity contribution in [3.63, 3.8) is 0 Å². The second-order valence-electron chi connectivity index (χ2n) is 7.62. The van der Waals surface area contributed by atoms with Gasteiger partial charge in [0.15, 0.2) is 5.69 Å². The molecule has 0 aliphatic carbocycles. The predicted molar refractivity (Wildman–Crippen MR) is 105 cm³/mol. The van der Waals surface area contributed by atoms with E-state index in [4.69, 9.17) is 14.2 Å². The van der Waals surface area contributed by atoms with Crippen molar-refractivity contribution in [1.29, 1.82) is 0 Å². The molecule has 29 heavy (non-hydrogen) atoms. The number of nitrogens with zero attached hydrogens (tertiary/aromatic N) is 2. The lowest BCUT2D eigenvalue weighted by atomic mass is 10.1. The Morgan fingerprint density at radius 3 is 2.38 bits per heavy atom. The van der Waals surface area contributed by atoms with Gasteiger partial charge < -0.3 is 24.3 Å². The summed E-state index contributed by atoms with van der Waals surface area (Å²) in [5.74, 6) is -0.704. The van der Waals surface area contributed by atoms with Crippen LogP contribution in [0.3, 0.4) is 0 Å². The maximum atomic E-state index is 12.5. The van der Waals surface area contributed by atoms with Crippen LogP contribution in [0, 0.1) is 0 Å². The summed E-state index contributed by atoms with van der Waals surface area (Å²) in [6.07, 6.45) is -1.11. The van der Waals surface area contributed by atoms with Crippen LogP contribution in [0.5, 0.6) is 0 Å². The molecule has 164 valence electrons. The average Bonchev–Trinajstić information content (AvgIpc) is 2.61. The number of aliphatic hydroxyl groups is 1. The summed E-state index contributed by atoms with van der Waals surface area (Å²) in [5, 5.41) is 9.43. The van der Waals surface area contributed by atoms with Gasteiger partial charge in [0.1, 0.15) is 17.5 Å². The van der Waals surface area contributed by atoms with Gasteiger partial charge in [0.25, 0.3) is 5.56 Å². The number of carbonyl (C=O) groups excluding carboxylic acids is 2. The zero-order valence-electron chi connectivity index (χ0n) is 18.1. The van der Waals surface area contributed by atoms with E-state index < -0.39 is 35.4 Å². The molecule has 1 aromatic heterocycles.